The topological polar surface area (TPSA) is 88.5 Å². The van der Waals surface area contributed by atoms with E-state index in [4.69, 9.17) is 11.6 Å². The Morgan fingerprint density at radius 2 is 2.14 bits per heavy atom. The molecule has 1 aliphatic rings. The highest BCUT2D eigenvalue weighted by atomic mass is 35.5. The molecule has 0 fully saturated rings. The maximum Gasteiger partial charge on any atom is 0.251 e. The Morgan fingerprint density at radius 3 is 3.00 bits per heavy atom. The van der Waals surface area contributed by atoms with Gasteiger partial charge in [0.15, 0.2) is 0 Å². The van der Waals surface area contributed by atoms with E-state index in [0.717, 1.165) is 41.5 Å². The Kier molecular flexibility index (Phi) is 4.09. The maximum atomic E-state index is 12.9. The third-order valence-corrected chi connectivity index (χ3v) is 5.53. The number of nitrogens with one attached hydrogen (secondary N) is 2. The molecule has 5 rings (SSSR count). The van der Waals surface area contributed by atoms with Crippen LogP contribution in [0.15, 0.2) is 48.8 Å². The van der Waals surface area contributed by atoms with Crippen LogP contribution in [-0.2, 0) is 6.42 Å². The van der Waals surface area contributed by atoms with Crippen molar-refractivity contribution in [1.29, 1.82) is 0 Å². The largest absolute Gasteiger partial charge is 0.355 e. The van der Waals surface area contributed by atoms with Gasteiger partial charge in [-0.15, -0.1) is 5.10 Å². The van der Waals surface area contributed by atoms with Gasteiger partial charge < -0.3 is 10.3 Å². The Morgan fingerprint density at radius 1 is 1.25 bits per heavy atom. The van der Waals surface area contributed by atoms with Gasteiger partial charge in [0, 0.05) is 16.6 Å². The average Bonchev–Trinajstić information content (AvgIpc) is 3.38. The fourth-order valence-corrected chi connectivity index (χ4v) is 4.13. The molecule has 7 nitrogen and oxygen atoms in total. The van der Waals surface area contributed by atoms with Crippen molar-refractivity contribution in [2.45, 2.75) is 25.3 Å². The van der Waals surface area contributed by atoms with E-state index in [1.165, 1.54) is 16.6 Å². The molecule has 1 atom stereocenters. The van der Waals surface area contributed by atoms with E-state index >= 15 is 0 Å². The number of aryl methyl sites for hydroxylation is 1. The third-order valence-electron chi connectivity index (χ3n) is 5.22. The molecule has 8 heteroatoms. The van der Waals surface area contributed by atoms with Gasteiger partial charge in [0.1, 0.15) is 6.33 Å². The lowest BCUT2D eigenvalue weighted by Gasteiger charge is -2.24. The molecule has 0 unspecified atom stereocenters. The van der Waals surface area contributed by atoms with Crippen LogP contribution >= 0.6 is 11.6 Å². The summed E-state index contributed by atoms with van der Waals surface area (Å²) in [4.78, 5) is 16.4. The number of fused-ring (bicyclic) bond motifs is 3. The number of rotatable bonds is 3. The number of aromatic amines is 1. The number of H-pyrrole nitrogens is 1. The number of para-hydroxylation sites is 1. The smallest absolute Gasteiger partial charge is 0.251 e. The molecule has 140 valence electrons. The number of carbonyl (C=O) groups is 1. The molecule has 1 aliphatic carbocycles. The van der Waals surface area contributed by atoms with Gasteiger partial charge in [0.25, 0.3) is 5.91 Å². The summed E-state index contributed by atoms with van der Waals surface area (Å²) in [5.74, 6) is -0.127. The second-order valence-electron chi connectivity index (χ2n) is 6.90. The lowest BCUT2D eigenvalue weighted by Crippen LogP contribution is -2.31. The number of benzene rings is 2. The third kappa shape index (κ3) is 2.84. The number of nitrogens with zero attached hydrogens (tertiary/aromatic N) is 4. The molecule has 2 N–H and O–H groups in total. The van der Waals surface area contributed by atoms with E-state index in [0.29, 0.717) is 10.6 Å². The van der Waals surface area contributed by atoms with Gasteiger partial charge in [0.2, 0.25) is 0 Å². The zero-order chi connectivity index (χ0) is 19.1. The summed E-state index contributed by atoms with van der Waals surface area (Å²) >= 11 is 6.36. The first kappa shape index (κ1) is 16.9. The summed E-state index contributed by atoms with van der Waals surface area (Å²) in [6.07, 6.45) is 4.38. The van der Waals surface area contributed by atoms with Gasteiger partial charge in [-0.2, -0.15) is 0 Å². The van der Waals surface area contributed by atoms with E-state index in [9.17, 15) is 4.79 Å². The lowest BCUT2D eigenvalue weighted by atomic mass is 9.91. The van der Waals surface area contributed by atoms with Gasteiger partial charge in [-0.25, -0.2) is 4.68 Å². The molecular formula is C20H17ClN6O. The molecule has 0 radical (unpaired) electrons. The highest BCUT2D eigenvalue weighted by Crippen LogP contribution is 2.37. The quantitative estimate of drug-likeness (QED) is 0.557. The minimum atomic E-state index is -0.127. The van der Waals surface area contributed by atoms with Crippen molar-refractivity contribution in [2.24, 2.45) is 0 Å². The summed E-state index contributed by atoms with van der Waals surface area (Å²) < 4.78 is 1.52. The molecule has 2 aromatic carbocycles. The highest BCUT2D eigenvalue weighted by molar-refractivity contribution is 6.35. The van der Waals surface area contributed by atoms with Crippen molar-refractivity contribution in [2.75, 3.05) is 0 Å². The van der Waals surface area contributed by atoms with Crippen LogP contribution in [0.2, 0.25) is 5.02 Å². The summed E-state index contributed by atoms with van der Waals surface area (Å²) in [5, 5.41) is 16.2. The number of amides is 1. The molecule has 0 saturated heterocycles. The first-order valence-corrected chi connectivity index (χ1v) is 9.52. The van der Waals surface area contributed by atoms with E-state index in [1.807, 2.05) is 24.3 Å². The Hall–Kier alpha value is -3.19. The highest BCUT2D eigenvalue weighted by Gasteiger charge is 2.26. The minimum absolute atomic E-state index is 0.0728. The Bertz CT molecular complexity index is 1170. The van der Waals surface area contributed by atoms with Gasteiger partial charge in [-0.1, -0.05) is 29.8 Å². The van der Waals surface area contributed by atoms with Gasteiger partial charge in [-0.05, 0) is 59.5 Å². The van der Waals surface area contributed by atoms with Gasteiger partial charge in [0.05, 0.1) is 22.3 Å². The first-order chi connectivity index (χ1) is 13.7. The van der Waals surface area contributed by atoms with Crippen molar-refractivity contribution in [1.82, 2.24) is 30.5 Å². The van der Waals surface area contributed by atoms with E-state index in [-0.39, 0.29) is 11.9 Å². The molecular weight excluding hydrogens is 376 g/mol. The standard InChI is InChI=1S/C20H17ClN6O/c21-16-8-2-6-14-15-7-3-9-17(19(15)24-18(14)16)23-20(28)12-4-1-5-13(10-12)27-11-22-25-26-27/h1-2,4-6,8,10-11,17,24H,3,7,9H2,(H,23,28)/t17-/m1/s1. The maximum absolute atomic E-state index is 12.9. The predicted octanol–water partition coefficient (Wildman–Crippen LogP) is 3.60. The van der Waals surface area contributed by atoms with Crippen molar-refractivity contribution >= 4 is 28.4 Å². The molecule has 0 bridgehead atoms. The molecule has 2 heterocycles. The van der Waals surface area contributed by atoms with Gasteiger partial charge >= 0.3 is 0 Å². The SMILES string of the molecule is O=C(N[C@@H]1CCCc2c1[nH]c1c(Cl)cccc21)c1cccc(-n2cnnn2)c1. The predicted molar refractivity (Wildman–Crippen MR) is 106 cm³/mol. The summed E-state index contributed by atoms with van der Waals surface area (Å²) in [7, 11) is 0. The zero-order valence-corrected chi connectivity index (χ0v) is 15.6. The van der Waals surface area contributed by atoms with Crippen LogP contribution in [0.1, 0.15) is 40.5 Å². The van der Waals surface area contributed by atoms with Crippen LogP contribution in [0.4, 0.5) is 0 Å². The molecule has 4 aromatic rings. The van der Waals surface area contributed by atoms with Crippen molar-refractivity contribution in [3.8, 4) is 5.69 Å². The van der Waals surface area contributed by atoms with Crippen molar-refractivity contribution in [3.63, 3.8) is 0 Å². The van der Waals surface area contributed by atoms with Crippen LogP contribution in [-0.4, -0.2) is 31.1 Å². The molecule has 2 aromatic heterocycles. The summed E-state index contributed by atoms with van der Waals surface area (Å²) in [6, 6.07) is 13.1. The number of carbonyl (C=O) groups excluding carboxylic acids is 1. The van der Waals surface area contributed by atoms with Gasteiger partial charge in [-0.3, -0.25) is 4.79 Å². The van der Waals surface area contributed by atoms with Crippen LogP contribution in [0, 0.1) is 0 Å². The molecule has 28 heavy (non-hydrogen) atoms. The Balaban J connectivity index is 1.45. The van der Waals surface area contributed by atoms with Crippen LogP contribution in [0.25, 0.3) is 16.6 Å². The summed E-state index contributed by atoms with van der Waals surface area (Å²) in [5.41, 5.74) is 4.54. The van der Waals surface area contributed by atoms with Crippen LogP contribution < -0.4 is 5.32 Å². The number of halogens is 1. The molecule has 1 amide bonds. The van der Waals surface area contributed by atoms with Crippen molar-refractivity contribution in [3.05, 3.63) is 70.6 Å². The normalized spacial score (nSPS) is 16.1. The second-order valence-corrected chi connectivity index (χ2v) is 7.31. The fourth-order valence-electron chi connectivity index (χ4n) is 3.91. The van der Waals surface area contributed by atoms with Crippen molar-refractivity contribution < 1.29 is 4.79 Å². The molecule has 0 spiro atoms. The second kappa shape index (κ2) is 6.76. The van der Waals surface area contributed by atoms with E-state index in [2.05, 4.69) is 31.9 Å². The van der Waals surface area contributed by atoms with Crippen LogP contribution in [0.3, 0.4) is 0 Å². The summed E-state index contributed by atoms with van der Waals surface area (Å²) in [6.45, 7) is 0. The monoisotopic (exact) mass is 392 g/mol. The molecule has 0 aliphatic heterocycles. The van der Waals surface area contributed by atoms with E-state index < -0.39 is 0 Å². The average molecular weight is 393 g/mol. The minimum Gasteiger partial charge on any atom is -0.355 e. The number of hydrogen-bond donors (Lipinski definition) is 2. The molecule has 0 saturated carbocycles. The fraction of sp³-hybridized carbons (Fsp3) is 0.200. The van der Waals surface area contributed by atoms with Crippen LogP contribution in [0.5, 0.6) is 0 Å². The first-order valence-electron chi connectivity index (χ1n) is 9.14. The lowest BCUT2D eigenvalue weighted by molar-refractivity contribution is 0.0932. The zero-order valence-electron chi connectivity index (χ0n) is 14.9. The number of hydrogen-bond acceptors (Lipinski definition) is 4. The number of tetrazole rings is 1. The number of aromatic nitrogens is 5. The van der Waals surface area contributed by atoms with E-state index in [1.54, 1.807) is 12.1 Å². The Labute approximate surface area is 165 Å².